The van der Waals surface area contributed by atoms with Crippen LogP contribution in [0.4, 0.5) is 5.69 Å². The largest absolute Gasteiger partial charge is 0.347 e. The van der Waals surface area contributed by atoms with Gasteiger partial charge in [0.05, 0.1) is 23.3 Å². The molecule has 0 aromatic heterocycles. The van der Waals surface area contributed by atoms with Gasteiger partial charge in [-0.05, 0) is 53.9 Å². The molecule has 3 aromatic rings. The van der Waals surface area contributed by atoms with Gasteiger partial charge in [0.15, 0.2) is 5.79 Å². The van der Waals surface area contributed by atoms with Gasteiger partial charge in [-0.25, -0.2) is 0 Å². The summed E-state index contributed by atoms with van der Waals surface area (Å²) >= 11 is 12.2. The zero-order valence-corrected chi connectivity index (χ0v) is 18.7. The molecule has 31 heavy (non-hydrogen) atoms. The van der Waals surface area contributed by atoms with Crippen LogP contribution >= 0.6 is 23.2 Å². The summed E-state index contributed by atoms with van der Waals surface area (Å²) in [4.78, 5) is 12.6. The van der Waals surface area contributed by atoms with Gasteiger partial charge in [-0.3, -0.25) is 4.79 Å². The number of hydrogen-bond acceptors (Lipinski definition) is 3. The van der Waals surface area contributed by atoms with Gasteiger partial charge < -0.3 is 14.8 Å². The Hall–Kier alpha value is -2.37. The van der Waals surface area contributed by atoms with Crippen molar-refractivity contribution in [2.24, 2.45) is 0 Å². The van der Waals surface area contributed by atoms with Crippen LogP contribution in [0.2, 0.25) is 10.0 Å². The number of aryl methyl sites for hydroxylation is 1. The van der Waals surface area contributed by atoms with Crippen molar-refractivity contribution >= 4 is 34.8 Å². The summed E-state index contributed by atoms with van der Waals surface area (Å²) in [5.74, 6) is -0.901. The standard InChI is InChI=1S/C25H23Cl2NO3/c1-17-4-2-3-5-23(17)28-24(29)20-9-6-18(7-10-20)15-25(30-12-13-31-25)16-19-8-11-21(26)22(27)14-19/h2-11,14H,12-13,15-16H2,1H3,(H,28,29). The lowest BCUT2D eigenvalue weighted by Crippen LogP contribution is -2.35. The fourth-order valence-corrected chi connectivity index (χ4v) is 4.04. The van der Waals surface area contributed by atoms with E-state index in [1.807, 2.05) is 67.6 Å². The van der Waals surface area contributed by atoms with Gasteiger partial charge in [0.1, 0.15) is 0 Å². The topological polar surface area (TPSA) is 47.6 Å². The van der Waals surface area contributed by atoms with Crippen LogP contribution in [-0.2, 0) is 22.3 Å². The first-order valence-electron chi connectivity index (χ1n) is 10.1. The van der Waals surface area contributed by atoms with E-state index < -0.39 is 5.79 Å². The molecule has 4 rings (SSSR count). The SMILES string of the molecule is Cc1ccccc1NC(=O)c1ccc(CC2(Cc3ccc(Cl)c(Cl)c3)OCCO2)cc1. The Morgan fingerprint density at radius 2 is 1.55 bits per heavy atom. The Balaban J connectivity index is 1.46. The highest BCUT2D eigenvalue weighted by Gasteiger charge is 2.37. The summed E-state index contributed by atoms with van der Waals surface area (Å²) in [7, 11) is 0. The summed E-state index contributed by atoms with van der Waals surface area (Å²) in [6.07, 6.45) is 1.12. The molecule has 0 spiro atoms. The van der Waals surface area contributed by atoms with Gasteiger partial charge in [0.2, 0.25) is 0 Å². The van der Waals surface area contributed by atoms with Crippen molar-refractivity contribution in [2.45, 2.75) is 25.6 Å². The Morgan fingerprint density at radius 1 is 0.903 bits per heavy atom. The molecular weight excluding hydrogens is 433 g/mol. The van der Waals surface area contributed by atoms with Crippen LogP contribution < -0.4 is 5.32 Å². The molecule has 3 aromatic carbocycles. The number of rotatable bonds is 6. The lowest BCUT2D eigenvalue weighted by Gasteiger charge is -2.28. The fourth-order valence-electron chi connectivity index (χ4n) is 3.72. The molecule has 1 fully saturated rings. The normalized spacial score (nSPS) is 15.1. The maximum atomic E-state index is 12.6. The first kappa shape index (κ1) is 21.8. The van der Waals surface area contributed by atoms with Crippen LogP contribution in [0, 0.1) is 6.92 Å². The molecule has 160 valence electrons. The Labute approximate surface area is 192 Å². The second-order valence-corrected chi connectivity index (χ2v) is 8.49. The quantitative estimate of drug-likeness (QED) is 0.489. The van der Waals surface area contributed by atoms with Gasteiger partial charge in [-0.15, -0.1) is 0 Å². The monoisotopic (exact) mass is 455 g/mol. The van der Waals surface area contributed by atoms with E-state index in [-0.39, 0.29) is 5.91 Å². The van der Waals surface area contributed by atoms with Gasteiger partial charge >= 0.3 is 0 Å². The molecule has 0 saturated carbocycles. The van der Waals surface area contributed by atoms with Crippen LogP contribution in [0.25, 0.3) is 0 Å². The number of ether oxygens (including phenoxy) is 2. The molecule has 0 aliphatic carbocycles. The maximum absolute atomic E-state index is 12.6. The third-order valence-electron chi connectivity index (χ3n) is 5.35. The number of amides is 1. The molecule has 1 aliphatic rings. The van der Waals surface area contributed by atoms with Crippen molar-refractivity contribution in [3.8, 4) is 0 Å². The molecule has 4 nitrogen and oxygen atoms in total. The number of halogens is 2. The molecule has 1 heterocycles. The minimum Gasteiger partial charge on any atom is -0.347 e. The van der Waals surface area contributed by atoms with Crippen LogP contribution in [0.5, 0.6) is 0 Å². The number of benzene rings is 3. The summed E-state index contributed by atoms with van der Waals surface area (Å²) < 4.78 is 12.0. The molecule has 0 radical (unpaired) electrons. The highest BCUT2D eigenvalue weighted by Crippen LogP contribution is 2.31. The molecule has 1 amide bonds. The number of carbonyl (C=O) groups excluding carboxylic acids is 1. The Kier molecular flexibility index (Phi) is 6.63. The van der Waals surface area contributed by atoms with E-state index in [1.54, 1.807) is 6.07 Å². The van der Waals surface area contributed by atoms with E-state index in [0.717, 1.165) is 22.4 Å². The summed E-state index contributed by atoms with van der Waals surface area (Å²) in [5.41, 5.74) is 4.44. The van der Waals surface area contributed by atoms with E-state index >= 15 is 0 Å². The zero-order chi connectivity index (χ0) is 21.8. The minimum atomic E-state index is -0.762. The first-order valence-corrected chi connectivity index (χ1v) is 10.9. The van der Waals surface area contributed by atoms with Crippen molar-refractivity contribution in [2.75, 3.05) is 18.5 Å². The fraction of sp³-hybridized carbons (Fsp3) is 0.240. The smallest absolute Gasteiger partial charge is 0.255 e. The molecule has 0 unspecified atom stereocenters. The summed E-state index contributed by atoms with van der Waals surface area (Å²) in [6, 6.07) is 20.8. The Morgan fingerprint density at radius 3 is 2.23 bits per heavy atom. The van der Waals surface area contributed by atoms with Crippen molar-refractivity contribution in [1.82, 2.24) is 0 Å². The lowest BCUT2D eigenvalue weighted by molar-refractivity contribution is -0.154. The molecule has 1 aliphatic heterocycles. The van der Waals surface area contributed by atoms with Gasteiger partial charge in [0.25, 0.3) is 5.91 Å². The lowest BCUT2D eigenvalue weighted by atomic mass is 9.97. The maximum Gasteiger partial charge on any atom is 0.255 e. The van der Waals surface area contributed by atoms with E-state index in [4.69, 9.17) is 32.7 Å². The second-order valence-electron chi connectivity index (χ2n) is 7.68. The molecular formula is C25H23Cl2NO3. The number of para-hydroxylation sites is 1. The van der Waals surface area contributed by atoms with E-state index in [0.29, 0.717) is 41.7 Å². The summed E-state index contributed by atoms with van der Waals surface area (Å²) in [5, 5.41) is 3.99. The molecule has 0 atom stereocenters. The van der Waals surface area contributed by atoms with Crippen LogP contribution in [-0.4, -0.2) is 24.9 Å². The van der Waals surface area contributed by atoms with Crippen molar-refractivity contribution in [3.63, 3.8) is 0 Å². The van der Waals surface area contributed by atoms with Gasteiger partial charge in [-0.2, -0.15) is 0 Å². The molecule has 1 saturated heterocycles. The highest BCUT2D eigenvalue weighted by molar-refractivity contribution is 6.42. The van der Waals surface area contributed by atoms with E-state index in [2.05, 4.69) is 5.32 Å². The summed E-state index contributed by atoms with van der Waals surface area (Å²) in [6.45, 7) is 3.05. The van der Waals surface area contributed by atoms with Crippen LogP contribution in [0.1, 0.15) is 27.0 Å². The van der Waals surface area contributed by atoms with E-state index in [9.17, 15) is 4.79 Å². The van der Waals surface area contributed by atoms with Crippen LogP contribution in [0.15, 0.2) is 66.7 Å². The first-order chi connectivity index (χ1) is 14.9. The number of hydrogen-bond donors (Lipinski definition) is 1. The molecule has 0 bridgehead atoms. The predicted octanol–water partition coefficient (Wildman–Crippen LogP) is 6.08. The zero-order valence-electron chi connectivity index (χ0n) is 17.2. The Bertz CT molecular complexity index is 1080. The van der Waals surface area contributed by atoms with Crippen molar-refractivity contribution < 1.29 is 14.3 Å². The number of carbonyl (C=O) groups is 1. The average Bonchev–Trinajstić information content (AvgIpc) is 3.21. The van der Waals surface area contributed by atoms with Crippen LogP contribution in [0.3, 0.4) is 0 Å². The average molecular weight is 456 g/mol. The van der Waals surface area contributed by atoms with E-state index in [1.165, 1.54) is 0 Å². The number of nitrogens with one attached hydrogen (secondary N) is 1. The predicted molar refractivity (Wildman–Crippen MR) is 124 cm³/mol. The van der Waals surface area contributed by atoms with Gasteiger partial charge in [0, 0.05) is 24.1 Å². The third kappa shape index (κ3) is 5.28. The molecule has 6 heteroatoms. The minimum absolute atomic E-state index is 0.139. The second kappa shape index (κ2) is 9.41. The van der Waals surface area contributed by atoms with Crippen molar-refractivity contribution in [3.05, 3.63) is 99.0 Å². The number of anilines is 1. The van der Waals surface area contributed by atoms with Crippen molar-refractivity contribution in [1.29, 1.82) is 0 Å². The third-order valence-corrected chi connectivity index (χ3v) is 6.09. The highest BCUT2D eigenvalue weighted by atomic mass is 35.5. The van der Waals surface area contributed by atoms with Gasteiger partial charge in [-0.1, -0.05) is 59.6 Å². The molecule has 1 N–H and O–H groups in total.